The van der Waals surface area contributed by atoms with Crippen molar-refractivity contribution < 1.29 is 24.5 Å². The number of carbonyl (C=O) groups excluding carboxylic acids is 2. The van der Waals surface area contributed by atoms with Crippen LogP contribution in [-0.4, -0.2) is 40.8 Å². The van der Waals surface area contributed by atoms with Crippen LogP contribution in [0, 0.1) is 0 Å². The maximum Gasteiger partial charge on any atom is 0.328 e. The third-order valence-electron chi connectivity index (χ3n) is 3.99. The molecule has 0 saturated carbocycles. The Kier molecular flexibility index (Phi) is 7.19. The molecule has 7 nitrogen and oxygen atoms in total. The van der Waals surface area contributed by atoms with Crippen molar-refractivity contribution in [2.45, 2.75) is 31.8 Å². The first-order valence-electron chi connectivity index (χ1n) is 8.67. The Morgan fingerprint density at radius 1 is 0.963 bits per heavy atom. The summed E-state index contributed by atoms with van der Waals surface area (Å²) in [7, 11) is 0. The molecular formula is C20H24N2O5. The molecule has 0 aliphatic heterocycles. The Balaban J connectivity index is 2.03. The molecule has 0 unspecified atom stereocenters. The van der Waals surface area contributed by atoms with Gasteiger partial charge in [0.05, 0.1) is 12.6 Å². The lowest BCUT2D eigenvalue weighted by atomic mass is 10.0. The Labute approximate surface area is 157 Å². The first kappa shape index (κ1) is 20.3. The fourth-order valence-corrected chi connectivity index (χ4v) is 2.56. The van der Waals surface area contributed by atoms with Gasteiger partial charge in [-0.2, -0.15) is 0 Å². The van der Waals surface area contributed by atoms with Crippen LogP contribution < -0.4 is 11.1 Å². The van der Waals surface area contributed by atoms with Crippen molar-refractivity contribution in [1.82, 2.24) is 5.32 Å². The SMILES string of the molecule is CCOC(=O)[C@H](Cc1ccc(O)cc1)NC(=O)[C@@H](N)Cc1ccc(O)cc1. The fraction of sp³-hybridized carbons (Fsp3) is 0.300. The summed E-state index contributed by atoms with van der Waals surface area (Å²) in [6, 6.07) is 11.0. The van der Waals surface area contributed by atoms with E-state index in [1.165, 1.54) is 24.3 Å². The molecule has 0 bridgehead atoms. The Morgan fingerprint density at radius 2 is 1.44 bits per heavy atom. The van der Waals surface area contributed by atoms with Gasteiger partial charge >= 0.3 is 5.97 Å². The van der Waals surface area contributed by atoms with E-state index >= 15 is 0 Å². The lowest BCUT2D eigenvalue weighted by molar-refractivity contribution is -0.147. The lowest BCUT2D eigenvalue weighted by Gasteiger charge is -2.20. The monoisotopic (exact) mass is 372 g/mol. The lowest BCUT2D eigenvalue weighted by Crippen LogP contribution is -2.50. The van der Waals surface area contributed by atoms with Gasteiger partial charge in [0.2, 0.25) is 5.91 Å². The van der Waals surface area contributed by atoms with Crippen LogP contribution in [0.3, 0.4) is 0 Å². The van der Waals surface area contributed by atoms with E-state index in [9.17, 15) is 19.8 Å². The molecule has 2 aromatic rings. The number of ether oxygens (including phenoxy) is 1. The summed E-state index contributed by atoms with van der Waals surface area (Å²) in [5.41, 5.74) is 7.52. The van der Waals surface area contributed by atoms with E-state index < -0.39 is 24.0 Å². The van der Waals surface area contributed by atoms with Crippen LogP contribution in [0.2, 0.25) is 0 Å². The zero-order valence-corrected chi connectivity index (χ0v) is 15.1. The predicted molar refractivity (Wildman–Crippen MR) is 100 cm³/mol. The molecular weight excluding hydrogens is 348 g/mol. The van der Waals surface area contributed by atoms with E-state index in [0.717, 1.165) is 11.1 Å². The molecule has 0 aliphatic rings. The van der Waals surface area contributed by atoms with Crippen molar-refractivity contribution in [2.75, 3.05) is 6.61 Å². The summed E-state index contributed by atoms with van der Waals surface area (Å²) in [5, 5.41) is 21.3. The number of esters is 1. The summed E-state index contributed by atoms with van der Waals surface area (Å²) >= 11 is 0. The molecule has 1 amide bonds. The molecule has 27 heavy (non-hydrogen) atoms. The van der Waals surface area contributed by atoms with E-state index in [0.29, 0.717) is 0 Å². The summed E-state index contributed by atoms with van der Waals surface area (Å²) in [6.07, 6.45) is 0.484. The molecule has 2 atom stereocenters. The molecule has 7 heteroatoms. The average Bonchev–Trinajstić information content (AvgIpc) is 2.65. The Bertz CT molecular complexity index is 759. The molecule has 0 aromatic heterocycles. The highest BCUT2D eigenvalue weighted by Gasteiger charge is 2.25. The van der Waals surface area contributed by atoms with Gasteiger partial charge in [-0.05, 0) is 48.7 Å². The van der Waals surface area contributed by atoms with Gasteiger partial charge in [-0.25, -0.2) is 4.79 Å². The largest absolute Gasteiger partial charge is 0.508 e. The third-order valence-corrected chi connectivity index (χ3v) is 3.99. The van der Waals surface area contributed by atoms with Crippen LogP contribution in [0.1, 0.15) is 18.1 Å². The Morgan fingerprint density at radius 3 is 1.93 bits per heavy atom. The van der Waals surface area contributed by atoms with Gasteiger partial charge in [0.25, 0.3) is 0 Å². The van der Waals surface area contributed by atoms with Crippen molar-refractivity contribution in [1.29, 1.82) is 0 Å². The van der Waals surface area contributed by atoms with Crippen molar-refractivity contribution in [3.63, 3.8) is 0 Å². The molecule has 0 heterocycles. The average molecular weight is 372 g/mol. The normalized spacial score (nSPS) is 12.8. The van der Waals surface area contributed by atoms with Gasteiger partial charge < -0.3 is 26.0 Å². The van der Waals surface area contributed by atoms with Crippen LogP contribution in [0.4, 0.5) is 0 Å². The van der Waals surface area contributed by atoms with Gasteiger partial charge in [0.1, 0.15) is 17.5 Å². The van der Waals surface area contributed by atoms with E-state index in [1.54, 1.807) is 31.2 Å². The highest BCUT2D eigenvalue weighted by molar-refractivity contribution is 5.87. The van der Waals surface area contributed by atoms with Crippen molar-refractivity contribution in [3.8, 4) is 11.5 Å². The van der Waals surface area contributed by atoms with Crippen LogP contribution in [0.25, 0.3) is 0 Å². The van der Waals surface area contributed by atoms with Crippen LogP contribution in [0.15, 0.2) is 48.5 Å². The molecule has 0 spiro atoms. The number of benzene rings is 2. The molecule has 0 radical (unpaired) electrons. The number of rotatable bonds is 8. The van der Waals surface area contributed by atoms with Gasteiger partial charge in [-0.3, -0.25) is 4.79 Å². The number of nitrogens with two attached hydrogens (primary N) is 1. The second kappa shape index (κ2) is 9.59. The number of aromatic hydroxyl groups is 2. The molecule has 0 fully saturated rings. The maximum atomic E-state index is 12.4. The second-order valence-corrected chi connectivity index (χ2v) is 6.16. The first-order valence-corrected chi connectivity index (χ1v) is 8.67. The van der Waals surface area contributed by atoms with Gasteiger partial charge in [-0.1, -0.05) is 24.3 Å². The van der Waals surface area contributed by atoms with Gasteiger partial charge in [0, 0.05) is 6.42 Å². The summed E-state index contributed by atoms with van der Waals surface area (Å²) in [4.78, 5) is 24.7. The quantitative estimate of drug-likeness (QED) is 0.518. The topological polar surface area (TPSA) is 122 Å². The summed E-state index contributed by atoms with van der Waals surface area (Å²) < 4.78 is 5.04. The van der Waals surface area contributed by atoms with Gasteiger partial charge in [0.15, 0.2) is 0 Å². The van der Waals surface area contributed by atoms with E-state index in [1.807, 2.05) is 0 Å². The minimum absolute atomic E-state index is 0.117. The number of hydrogen-bond donors (Lipinski definition) is 4. The summed E-state index contributed by atoms with van der Waals surface area (Å²) in [5.74, 6) is -0.768. The van der Waals surface area contributed by atoms with Crippen LogP contribution in [-0.2, 0) is 27.2 Å². The number of phenolic OH excluding ortho intramolecular Hbond substituents is 2. The number of amides is 1. The molecule has 2 rings (SSSR count). The number of phenols is 2. The number of hydrogen-bond acceptors (Lipinski definition) is 6. The van der Waals surface area contributed by atoms with Crippen LogP contribution in [0.5, 0.6) is 11.5 Å². The van der Waals surface area contributed by atoms with Crippen LogP contribution >= 0.6 is 0 Å². The van der Waals surface area contributed by atoms with Crippen molar-refractivity contribution in [2.24, 2.45) is 5.73 Å². The highest BCUT2D eigenvalue weighted by Crippen LogP contribution is 2.13. The van der Waals surface area contributed by atoms with Crippen molar-refractivity contribution >= 4 is 11.9 Å². The number of carbonyl (C=O) groups is 2. The standard InChI is InChI=1S/C20H24N2O5/c1-2-27-20(26)18(12-14-5-9-16(24)10-6-14)22-19(25)17(21)11-13-3-7-15(23)8-4-13/h3-10,17-18,23-24H,2,11-12,21H2,1H3,(H,22,25)/t17-,18-/m0/s1. The van der Waals surface area contributed by atoms with E-state index in [4.69, 9.17) is 10.5 Å². The highest BCUT2D eigenvalue weighted by atomic mass is 16.5. The van der Waals surface area contributed by atoms with Crippen molar-refractivity contribution in [3.05, 3.63) is 59.7 Å². The predicted octanol–water partition coefficient (Wildman–Crippen LogP) is 1.26. The zero-order chi connectivity index (χ0) is 19.8. The Hall–Kier alpha value is -3.06. The first-order chi connectivity index (χ1) is 12.9. The number of nitrogens with one attached hydrogen (secondary N) is 1. The molecule has 144 valence electrons. The molecule has 2 aromatic carbocycles. The maximum absolute atomic E-state index is 12.4. The second-order valence-electron chi connectivity index (χ2n) is 6.16. The van der Waals surface area contributed by atoms with E-state index in [-0.39, 0.29) is 30.9 Å². The summed E-state index contributed by atoms with van der Waals surface area (Å²) in [6.45, 7) is 1.88. The third kappa shape index (κ3) is 6.31. The zero-order valence-electron chi connectivity index (χ0n) is 15.1. The minimum atomic E-state index is -0.882. The van der Waals surface area contributed by atoms with Gasteiger partial charge in [-0.15, -0.1) is 0 Å². The molecule has 5 N–H and O–H groups in total. The smallest absolute Gasteiger partial charge is 0.328 e. The fourth-order valence-electron chi connectivity index (χ4n) is 2.56. The van der Waals surface area contributed by atoms with E-state index in [2.05, 4.69) is 5.32 Å². The molecule has 0 saturated heterocycles. The minimum Gasteiger partial charge on any atom is -0.508 e. The molecule has 0 aliphatic carbocycles.